The molecule has 1 fully saturated rings. The highest BCUT2D eigenvalue weighted by Gasteiger charge is 2.36. The Hall–Kier alpha value is -2.22. The number of hydrogen-bond acceptors (Lipinski definition) is 5. The molecule has 1 aromatic carbocycles. The SMILES string of the molecule is CCOC(=O)CN1C(=O)S/C(=C/c2cc(C)n(-c3cccc(Cl)c3Cl)c2C)C1=O. The molecule has 9 heteroatoms. The van der Waals surface area contributed by atoms with Gasteiger partial charge in [-0.3, -0.25) is 19.3 Å². The van der Waals surface area contributed by atoms with Gasteiger partial charge < -0.3 is 9.30 Å². The summed E-state index contributed by atoms with van der Waals surface area (Å²) in [6.07, 6.45) is 1.65. The van der Waals surface area contributed by atoms with E-state index in [9.17, 15) is 14.4 Å². The van der Waals surface area contributed by atoms with Gasteiger partial charge in [-0.2, -0.15) is 0 Å². The van der Waals surface area contributed by atoms with E-state index in [2.05, 4.69) is 0 Å². The van der Waals surface area contributed by atoms with Crippen LogP contribution in [0.1, 0.15) is 23.9 Å². The number of aromatic nitrogens is 1. The molecule has 3 rings (SSSR count). The Bertz CT molecular complexity index is 1050. The fraction of sp³-hybridized carbons (Fsp3) is 0.250. The lowest BCUT2D eigenvalue weighted by atomic mass is 10.2. The number of aryl methyl sites for hydroxylation is 1. The lowest BCUT2D eigenvalue weighted by Gasteiger charge is -2.12. The second kappa shape index (κ2) is 8.65. The fourth-order valence-corrected chi connectivity index (χ4v) is 4.29. The van der Waals surface area contributed by atoms with E-state index in [1.807, 2.05) is 36.6 Å². The highest BCUT2D eigenvalue weighted by molar-refractivity contribution is 8.18. The van der Waals surface area contributed by atoms with Gasteiger partial charge in [0, 0.05) is 11.4 Å². The molecule has 0 bridgehead atoms. The van der Waals surface area contributed by atoms with Crippen molar-refractivity contribution in [2.24, 2.45) is 0 Å². The maximum atomic E-state index is 12.6. The number of amides is 2. The van der Waals surface area contributed by atoms with Crippen molar-refractivity contribution in [3.05, 3.63) is 56.2 Å². The van der Waals surface area contributed by atoms with Gasteiger partial charge in [-0.25, -0.2) is 0 Å². The van der Waals surface area contributed by atoms with Crippen LogP contribution in [0.5, 0.6) is 0 Å². The number of ether oxygens (including phenoxy) is 1. The van der Waals surface area contributed by atoms with Gasteiger partial charge in [-0.05, 0) is 62.4 Å². The maximum absolute atomic E-state index is 12.6. The van der Waals surface area contributed by atoms with Crippen LogP contribution >= 0.6 is 35.0 Å². The minimum absolute atomic E-state index is 0.183. The Balaban J connectivity index is 1.94. The number of carbonyl (C=O) groups excluding carboxylic acids is 3. The first kappa shape index (κ1) is 21.5. The maximum Gasteiger partial charge on any atom is 0.326 e. The van der Waals surface area contributed by atoms with Crippen molar-refractivity contribution >= 4 is 58.2 Å². The molecule has 1 saturated heterocycles. The molecule has 0 saturated carbocycles. The molecular weight excluding hydrogens is 435 g/mol. The van der Waals surface area contributed by atoms with Crippen LogP contribution < -0.4 is 0 Å². The summed E-state index contributed by atoms with van der Waals surface area (Å²) in [4.78, 5) is 37.5. The van der Waals surface area contributed by atoms with Crippen LogP contribution in [-0.4, -0.2) is 39.7 Å². The molecule has 2 aromatic rings. The molecule has 6 nitrogen and oxygen atoms in total. The summed E-state index contributed by atoms with van der Waals surface area (Å²) in [5.41, 5.74) is 3.22. The van der Waals surface area contributed by atoms with E-state index in [0.29, 0.717) is 10.0 Å². The summed E-state index contributed by atoms with van der Waals surface area (Å²) in [7, 11) is 0. The number of hydrogen-bond donors (Lipinski definition) is 0. The highest BCUT2D eigenvalue weighted by atomic mass is 35.5. The average molecular weight is 453 g/mol. The topological polar surface area (TPSA) is 68.6 Å². The van der Waals surface area contributed by atoms with Crippen molar-refractivity contribution in [3.8, 4) is 5.69 Å². The summed E-state index contributed by atoms with van der Waals surface area (Å²) in [6, 6.07) is 7.27. The van der Waals surface area contributed by atoms with Crippen molar-refractivity contribution in [1.82, 2.24) is 9.47 Å². The Labute approximate surface area is 182 Å². The number of nitrogens with zero attached hydrogens (tertiary/aromatic N) is 2. The van der Waals surface area contributed by atoms with E-state index in [0.717, 1.165) is 39.3 Å². The summed E-state index contributed by atoms with van der Waals surface area (Å²) in [6.45, 7) is 5.25. The standard InChI is InChI=1S/C20H18Cl2N2O4S/c1-4-28-17(25)10-23-19(26)16(29-20(23)27)9-13-8-11(2)24(12(13)3)15-7-5-6-14(21)18(15)22/h5-9H,4,10H2,1-3H3/b16-9+. The third kappa shape index (κ3) is 4.22. The predicted octanol–water partition coefficient (Wildman–Crippen LogP) is 5.00. The van der Waals surface area contributed by atoms with Crippen molar-refractivity contribution in [1.29, 1.82) is 0 Å². The first-order valence-electron chi connectivity index (χ1n) is 8.79. The highest BCUT2D eigenvalue weighted by Crippen LogP contribution is 2.35. The van der Waals surface area contributed by atoms with E-state index < -0.39 is 23.7 Å². The van der Waals surface area contributed by atoms with Crippen molar-refractivity contribution in [2.75, 3.05) is 13.2 Å². The smallest absolute Gasteiger partial charge is 0.326 e. The van der Waals surface area contributed by atoms with Crippen LogP contribution in [-0.2, 0) is 14.3 Å². The van der Waals surface area contributed by atoms with Crippen molar-refractivity contribution < 1.29 is 19.1 Å². The first-order valence-corrected chi connectivity index (χ1v) is 10.4. The Morgan fingerprint density at radius 3 is 2.66 bits per heavy atom. The number of rotatable bonds is 5. The molecule has 2 amide bonds. The zero-order chi connectivity index (χ0) is 21.3. The van der Waals surface area contributed by atoms with Crippen molar-refractivity contribution in [2.45, 2.75) is 20.8 Å². The molecule has 0 radical (unpaired) electrons. The number of esters is 1. The van der Waals surface area contributed by atoms with Gasteiger partial charge in [0.25, 0.3) is 11.1 Å². The molecule has 0 spiro atoms. The third-order valence-corrected chi connectivity index (χ3v) is 6.11. The van der Waals surface area contributed by atoms with Crippen LogP contribution in [0, 0.1) is 13.8 Å². The van der Waals surface area contributed by atoms with Crippen LogP contribution in [0.15, 0.2) is 29.2 Å². The minimum Gasteiger partial charge on any atom is -0.465 e. The summed E-state index contributed by atoms with van der Waals surface area (Å²) in [5.74, 6) is -1.14. The summed E-state index contributed by atoms with van der Waals surface area (Å²) >= 11 is 13.3. The van der Waals surface area contributed by atoms with Crippen molar-refractivity contribution in [3.63, 3.8) is 0 Å². The fourth-order valence-electron chi connectivity index (χ4n) is 3.08. The van der Waals surface area contributed by atoms with Crippen LogP contribution in [0.2, 0.25) is 10.0 Å². The number of imide groups is 1. The van der Waals surface area contributed by atoms with E-state index >= 15 is 0 Å². The van der Waals surface area contributed by atoms with Gasteiger partial charge in [0.15, 0.2) is 0 Å². The van der Waals surface area contributed by atoms with Gasteiger partial charge in [0.05, 0.1) is 27.2 Å². The Morgan fingerprint density at radius 1 is 1.24 bits per heavy atom. The van der Waals surface area contributed by atoms with E-state index in [-0.39, 0.29) is 11.5 Å². The molecule has 1 aliphatic heterocycles. The van der Waals surface area contributed by atoms with Gasteiger partial charge in [0.2, 0.25) is 0 Å². The summed E-state index contributed by atoms with van der Waals surface area (Å²) in [5, 5.41) is 0.372. The lowest BCUT2D eigenvalue weighted by molar-refractivity contribution is -0.145. The number of carbonyl (C=O) groups is 3. The quantitative estimate of drug-likeness (QED) is 0.471. The molecule has 152 valence electrons. The van der Waals surface area contributed by atoms with Crippen LogP contribution in [0.3, 0.4) is 0 Å². The zero-order valence-corrected chi connectivity index (χ0v) is 18.3. The number of thioether (sulfide) groups is 1. The second-order valence-corrected chi connectivity index (χ2v) is 8.09. The van der Waals surface area contributed by atoms with E-state index in [4.69, 9.17) is 27.9 Å². The van der Waals surface area contributed by atoms with Gasteiger partial charge in [0.1, 0.15) is 6.54 Å². The predicted molar refractivity (Wildman–Crippen MR) is 115 cm³/mol. The molecule has 2 heterocycles. The molecule has 0 unspecified atom stereocenters. The molecular formula is C20H18Cl2N2O4S. The molecule has 0 aliphatic carbocycles. The van der Waals surface area contributed by atoms with Gasteiger partial charge in [-0.15, -0.1) is 0 Å². The zero-order valence-electron chi connectivity index (χ0n) is 16.0. The largest absolute Gasteiger partial charge is 0.465 e. The van der Waals surface area contributed by atoms with Gasteiger partial charge >= 0.3 is 5.97 Å². The monoisotopic (exact) mass is 452 g/mol. The third-order valence-electron chi connectivity index (χ3n) is 4.40. The summed E-state index contributed by atoms with van der Waals surface area (Å²) < 4.78 is 6.76. The Kier molecular flexibility index (Phi) is 6.41. The number of benzene rings is 1. The second-order valence-electron chi connectivity index (χ2n) is 6.31. The molecule has 1 aromatic heterocycles. The average Bonchev–Trinajstić information content (AvgIpc) is 3.08. The van der Waals surface area contributed by atoms with E-state index in [1.54, 1.807) is 19.1 Å². The number of halogens is 2. The van der Waals surface area contributed by atoms with Gasteiger partial charge in [-0.1, -0.05) is 29.3 Å². The minimum atomic E-state index is -0.621. The Morgan fingerprint density at radius 2 is 1.97 bits per heavy atom. The van der Waals surface area contributed by atoms with Crippen LogP contribution in [0.4, 0.5) is 4.79 Å². The molecule has 1 aliphatic rings. The molecule has 0 atom stereocenters. The molecule has 0 N–H and O–H groups in total. The lowest BCUT2D eigenvalue weighted by Crippen LogP contribution is -2.34. The van der Waals surface area contributed by atoms with E-state index in [1.165, 1.54) is 0 Å². The normalized spacial score (nSPS) is 15.5. The first-order chi connectivity index (χ1) is 13.7. The molecule has 29 heavy (non-hydrogen) atoms. The van der Waals surface area contributed by atoms with Crippen LogP contribution in [0.25, 0.3) is 11.8 Å².